The maximum absolute atomic E-state index is 12.3. The standard InChI is InChI=1S/C17H28N2O/c1-7-19(8-2)17(20)18-16-14(12(3)4)10-9-11-15(16)13(5)6/h9-13H,7-8H2,1-6H3,(H,18,20). The number of anilines is 1. The van der Waals surface area contributed by atoms with E-state index < -0.39 is 0 Å². The van der Waals surface area contributed by atoms with Crippen molar-refractivity contribution in [3.63, 3.8) is 0 Å². The number of hydrogen-bond donors (Lipinski definition) is 1. The fraction of sp³-hybridized carbons (Fsp3) is 0.588. The van der Waals surface area contributed by atoms with Gasteiger partial charge in [0.15, 0.2) is 0 Å². The van der Waals surface area contributed by atoms with Gasteiger partial charge in [-0.2, -0.15) is 0 Å². The van der Waals surface area contributed by atoms with Crippen LogP contribution in [0.15, 0.2) is 18.2 Å². The van der Waals surface area contributed by atoms with E-state index in [1.807, 2.05) is 13.8 Å². The Morgan fingerprint density at radius 3 is 1.85 bits per heavy atom. The van der Waals surface area contributed by atoms with Crippen LogP contribution in [0, 0.1) is 0 Å². The van der Waals surface area contributed by atoms with Crippen molar-refractivity contribution in [1.82, 2.24) is 4.90 Å². The van der Waals surface area contributed by atoms with Crippen molar-refractivity contribution < 1.29 is 4.79 Å². The molecule has 0 aliphatic heterocycles. The zero-order valence-electron chi connectivity index (χ0n) is 13.7. The van der Waals surface area contributed by atoms with Gasteiger partial charge in [-0.3, -0.25) is 0 Å². The summed E-state index contributed by atoms with van der Waals surface area (Å²) in [5, 5.41) is 3.13. The smallest absolute Gasteiger partial charge is 0.321 e. The first-order valence-corrected chi connectivity index (χ1v) is 7.61. The summed E-state index contributed by atoms with van der Waals surface area (Å²) in [5.41, 5.74) is 3.41. The van der Waals surface area contributed by atoms with Crippen molar-refractivity contribution in [2.45, 2.75) is 53.4 Å². The van der Waals surface area contributed by atoms with Gasteiger partial charge in [0.25, 0.3) is 0 Å². The zero-order valence-corrected chi connectivity index (χ0v) is 13.7. The van der Waals surface area contributed by atoms with Crippen LogP contribution in [-0.4, -0.2) is 24.0 Å². The summed E-state index contributed by atoms with van der Waals surface area (Å²) in [5.74, 6) is 0.779. The third kappa shape index (κ3) is 3.75. The molecule has 3 nitrogen and oxygen atoms in total. The molecule has 1 aromatic rings. The Balaban J connectivity index is 3.17. The molecule has 0 saturated carbocycles. The van der Waals surface area contributed by atoms with Gasteiger partial charge < -0.3 is 10.2 Å². The minimum Gasteiger partial charge on any atom is -0.325 e. The van der Waals surface area contributed by atoms with Crippen LogP contribution in [0.4, 0.5) is 10.5 Å². The van der Waals surface area contributed by atoms with Crippen molar-refractivity contribution in [1.29, 1.82) is 0 Å². The highest BCUT2D eigenvalue weighted by Crippen LogP contribution is 2.32. The van der Waals surface area contributed by atoms with E-state index >= 15 is 0 Å². The van der Waals surface area contributed by atoms with Crippen LogP contribution in [0.2, 0.25) is 0 Å². The molecule has 0 aliphatic rings. The summed E-state index contributed by atoms with van der Waals surface area (Å²) < 4.78 is 0. The first-order chi connectivity index (χ1) is 9.42. The van der Waals surface area contributed by atoms with Crippen LogP contribution in [-0.2, 0) is 0 Å². The number of para-hydroxylation sites is 1. The molecular weight excluding hydrogens is 248 g/mol. The van der Waals surface area contributed by atoms with Gasteiger partial charge in [0.1, 0.15) is 0 Å². The second kappa shape index (κ2) is 7.32. The summed E-state index contributed by atoms with van der Waals surface area (Å²) in [6.07, 6.45) is 0. The predicted molar refractivity (Wildman–Crippen MR) is 86.6 cm³/mol. The first-order valence-electron chi connectivity index (χ1n) is 7.61. The maximum Gasteiger partial charge on any atom is 0.321 e. The lowest BCUT2D eigenvalue weighted by Crippen LogP contribution is -2.35. The number of hydrogen-bond acceptors (Lipinski definition) is 1. The summed E-state index contributed by atoms with van der Waals surface area (Å²) in [6, 6.07) is 6.28. The van der Waals surface area contributed by atoms with Gasteiger partial charge in [-0.15, -0.1) is 0 Å². The zero-order chi connectivity index (χ0) is 15.3. The Kier molecular flexibility index (Phi) is 6.05. The van der Waals surface area contributed by atoms with Crippen molar-refractivity contribution in [2.24, 2.45) is 0 Å². The monoisotopic (exact) mass is 276 g/mol. The molecular formula is C17H28N2O. The molecule has 20 heavy (non-hydrogen) atoms. The molecule has 0 saturated heterocycles. The number of urea groups is 1. The van der Waals surface area contributed by atoms with Crippen molar-refractivity contribution >= 4 is 11.7 Å². The molecule has 0 aliphatic carbocycles. The number of carbonyl (C=O) groups is 1. The van der Waals surface area contributed by atoms with Gasteiger partial charge in [-0.1, -0.05) is 45.9 Å². The molecule has 0 heterocycles. The number of benzene rings is 1. The highest BCUT2D eigenvalue weighted by molar-refractivity contribution is 5.91. The summed E-state index contributed by atoms with van der Waals surface area (Å²) in [4.78, 5) is 14.1. The average Bonchev–Trinajstić information content (AvgIpc) is 2.39. The Morgan fingerprint density at radius 2 is 1.50 bits per heavy atom. The van der Waals surface area contributed by atoms with Crippen molar-refractivity contribution in [3.05, 3.63) is 29.3 Å². The first kappa shape index (κ1) is 16.5. The third-order valence-corrected chi connectivity index (χ3v) is 3.66. The normalized spacial score (nSPS) is 11.0. The van der Waals surface area contributed by atoms with Crippen molar-refractivity contribution in [3.8, 4) is 0 Å². The number of nitrogens with zero attached hydrogens (tertiary/aromatic N) is 1. The average molecular weight is 276 g/mol. The third-order valence-electron chi connectivity index (χ3n) is 3.66. The fourth-order valence-electron chi connectivity index (χ4n) is 2.39. The van der Waals surface area contributed by atoms with Gasteiger partial charge in [0.05, 0.1) is 0 Å². The number of rotatable bonds is 5. The van der Waals surface area contributed by atoms with E-state index in [0.717, 1.165) is 18.8 Å². The van der Waals surface area contributed by atoms with Gasteiger partial charge in [-0.25, -0.2) is 4.79 Å². The Morgan fingerprint density at radius 1 is 1.05 bits per heavy atom. The molecule has 0 radical (unpaired) electrons. The highest BCUT2D eigenvalue weighted by Gasteiger charge is 2.17. The lowest BCUT2D eigenvalue weighted by molar-refractivity contribution is 0.217. The molecule has 3 heteroatoms. The van der Waals surface area contributed by atoms with Gasteiger partial charge >= 0.3 is 6.03 Å². The second-order valence-corrected chi connectivity index (χ2v) is 5.72. The minimum atomic E-state index is -0.00926. The number of carbonyl (C=O) groups excluding carboxylic acids is 1. The lowest BCUT2D eigenvalue weighted by Gasteiger charge is -2.24. The topological polar surface area (TPSA) is 32.3 Å². The van der Waals surface area contributed by atoms with Gasteiger partial charge in [-0.05, 0) is 36.8 Å². The molecule has 1 aromatic carbocycles. The minimum absolute atomic E-state index is 0.00926. The molecule has 1 rings (SSSR count). The second-order valence-electron chi connectivity index (χ2n) is 5.72. The molecule has 112 valence electrons. The summed E-state index contributed by atoms with van der Waals surface area (Å²) in [7, 11) is 0. The Labute approximate surface area is 123 Å². The molecule has 0 unspecified atom stereocenters. The highest BCUT2D eigenvalue weighted by atomic mass is 16.2. The molecule has 0 aromatic heterocycles. The predicted octanol–water partition coefficient (Wildman–Crippen LogP) is 4.81. The van der Waals surface area contributed by atoms with Crippen LogP contribution in [0.25, 0.3) is 0 Å². The Bertz CT molecular complexity index is 422. The lowest BCUT2D eigenvalue weighted by atomic mass is 9.93. The van der Waals surface area contributed by atoms with E-state index in [4.69, 9.17) is 0 Å². The summed E-state index contributed by atoms with van der Waals surface area (Å²) in [6.45, 7) is 14.1. The maximum atomic E-state index is 12.3. The van der Waals surface area contributed by atoms with Crippen molar-refractivity contribution in [2.75, 3.05) is 18.4 Å². The van der Waals surface area contributed by atoms with E-state index in [1.165, 1.54) is 11.1 Å². The van der Waals surface area contributed by atoms with E-state index in [1.54, 1.807) is 4.90 Å². The van der Waals surface area contributed by atoms with E-state index in [2.05, 4.69) is 51.2 Å². The molecule has 0 atom stereocenters. The quantitative estimate of drug-likeness (QED) is 0.822. The van der Waals surface area contributed by atoms with Crippen LogP contribution in [0.5, 0.6) is 0 Å². The molecule has 0 spiro atoms. The molecule has 0 bridgehead atoms. The fourth-order valence-corrected chi connectivity index (χ4v) is 2.39. The number of amides is 2. The molecule has 0 fully saturated rings. The van der Waals surface area contributed by atoms with E-state index in [0.29, 0.717) is 11.8 Å². The van der Waals surface area contributed by atoms with E-state index in [9.17, 15) is 4.79 Å². The number of nitrogens with one attached hydrogen (secondary N) is 1. The SMILES string of the molecule is CCN(CC)C(=O)Nc1c(C(C)C)cccc1C(C)C. The summed E-state index contributed by atoms with van der Waals surface area (Å²) >= 11 is 0. The van der Waals surface area contributed by atoms with E-state index in [-0.39, 0.29) is 6.03 Å². The van der Waals surface area contributed by atoms with Crippen LogP contribution >= 0.6 is 0 Å². The Hall–Kier alpha value is -1.51. The van der Waals surface area contributed by atoms with Gasteiger partial charge in [0, 0.05) is 18.8 Å². The van der Waals surface area contributed by atoms with Crippen LogP contribution in [0.3, 0.4) is 0 Å². The van der Waals surface area contributed by atoms with Crippen LogP contribution in [0.1, 0.15) is 64.5 Å². The largest absolute Gasteiger partial charge is 0.325 e. The molecule has 2 amide bonds. The van der Waals surface area contributed by atoms with Gasteiger partial charge in [0.2, 0.25) is 0 Å². The van der Waals surface area contributed by atoms with Crippen LogP contribution < -0.4 is 5.32 Å². The molecule has 1 N–H and O–H groups in total.